The number of carbonyl (C=O) groups is 3. The Hall–Kier alpha value is -3.14. The van der Waals surface area contributed by atoms with E-state index in [1.807, 2.05) is 33.8 Å². The smallest absolute Gasteiger partial charge is 0.250 e. The second-order valence-corrected chi connectivity index (χ2v) is 12.0. The molecule has 0 radical (unpaired) electrons. The summed E-state index contributed by atoms with van der Waals surface area (Å²) in [6.07, 6.45) is 0.995. The van der Waals surface area contributed by atoms with Gasteiger partial charge in [-0.1, -0.05) is 37.6 Å². The number of nitrogens with one attached hydrogen (secondary N) is 2. The van der Waals surface area contributed by atoms with E-state index < -0.39 is 41.5 Å². The van der Waals surface area contributed by atoms with Gasteiger partial charge in [0.25, 0.3) is 0 Å². The number of benzene rings is 2. The first-order valence-electron chi connectivity index (χ1n) is 14.3. The van der Waals surface area contributed by atoms with Crippen molar-refractivity contribution in [1.82, 2.24) is 4.90 Å². The number of aliphatic hydroxyl groups excluding tert-OH is 1. The molecule has 3 N–H and O–H groups in total. The predicted octanol–water partition coefficient (Wildman–Crippen LogP) is 4.41. The molecular weight excluding hydrogens is 546 g/mol. The maximum absolute atomic E-state index is 14.3. The lowest BCUT2D eigenvalue weighted by Crippen LogP contribution is -2.56. The molecule has 5 rings (SSSR count). The molecule has 2 unspecified atom stereocenters. The molecule has 3 heterocycles. The number of amides is 3. The van der Waals surface area contributed by atoms with Crippen LogP contribution in [-0.2, 0) is 19.1 Å². The van der Waals surface area contributed by atoms with Crippen molar-refractivity contribution in [3.63, 3.8) is 0 Å². The van der Waals surface area contributed by atoms with E-state index in [0.717, 1.165) is 5.56 Å². The number of likely N-dealkylation sites (tertiary alicyclic amines) is 1. The van der Waals surface area contributed by atoms with Crippen LogP contribution < -0.4 is 15.4 Å². The lowest BCUT2D eigenvalue weighted by Gasteiger charge is -2.37. The van der Waals surface area contributed by atoms with E-state index in [1.54, 1.807) is 36.4 Å². The van der Waals surface area contributed by atoms with Gasteiger partial charge in [0.2, 0.25) is 17.7 Å². The average Bonchev–Trinajstić information content (AvgIpc) is 3.58. The molecular formula is C31H38ClN3O6. The third-order valence-corrected chi connectivity index (χ3v) is 8.85. The van der Waals surface area contributed by atoms with Crippen molar-refractivity contribution in [2.24, 2.45) is 17.8 Å². The minimum Gasteiger partial charge on any atom is -0.494 e. The monoisotopic (exact) mass is 583 g/mol. The standard InChI is InChI=1S/C31H38ClN3O6/c1-5-40-21-11-9-19(10-12-21)33-28(37)24-23-13-14-31(41-23)25(24)30(39)35(20(16-36)15-17(2)3)27(31)29(38)34-26-18(4)7-6-8-22(26)32/h6-12,17,20,23-25,27,36H,5,13-16H2,1-4H3,(H,33,37)(H,34,38)/t20-,23+,24-,25+,27?,31?/m1/s1. The van der Waals surface area contributed by atoms with Gasteiger partial charge in [0.05, 0.1) is 47.9 Å². The quantitative estimate of drug-likeness (QED) is 0.381. The minimum atomic E-state index is -1.19. The Kier molecular flexibility index (Phi) is 8.32. The van der Waals surface area contributed by atoms with Gasteiger partial charge in [-0.25, -0.2) is 0 Å². The van der Waals surface area contributed by atoms with Gasteiger partial charge in [0.1, 0.15) is 17.4 Å². The lowest BCUT2D eigenvalue weighted by atomic mass is 9.70. The molecule has 2 aromatic rings. The van der Waals surface area contributed by atoms with Crippen LogP contribution in [0.2, 0.25) is 5.02 Å². The van der Waals surface area contributed by atoms with Crippen molar-refractivity contribution >= 4 is 40.7 Å². The van der Waals surface area contributed by atoms with Crippen molar-refractivity contribution in [1.29, 1.82) is 0 Å². The molecule has 2 bridgehead atoms. The number of rotatable bonds is 10. The summed E-state index contributed by atoms with van der Waals surface area (Å²) in [5, 5.41) is 16.7. The summed E-state index contributed by atoms with van der Waals surface area (Å²) < 4.78 is 12.0. The Labute approximate surface area is 245 Å². The molecule has 9 nitrogen and oxygen atoms in total. The molecule has 0 aromatic heterocycles. The normalized spacial score (nSPS) is 27.2. The van der Waals surface area contributed by atoms with Gasteiger partial charge in [-0.3, -0.25) is 14.4 Å². The first kappa shape index (κ1) is 29.4. The van der Waals surface area contributed by atoms with Gasteiger partial charge in [-0.15, -0.1) is 0 Å². The van der Waals surface area contributed by atoms with E-state index in [-0.39, 0.29) is 24.3 Å². The molecule has 6 atom stereocenters. The number of hydrogen-bond donors (Lipinski definition) is 3. The molecule has 220 valence electrons. The molecule has 3 aliphatic heterocycles. The molecule has 3 amide bonds. The number of carbonyl (C=O) groups excluding carboxylic acids is 3. The number of ether oxygens (including phenoxy) is 2. The van der Waals surface area contributed by atoms with Gasteiger partial charge in [0, 0.05) is 5.69 Å². The van der Waals surface area contributed by atoms with Crippen LogP contribution in [0, 0.1) is 24.7 Å². The summed E-state index contributed by atoms with van der Waals surface area (Å²) in [6.45, 7) is 7.96. The molecule has 10 heteroatoms. The third kappa shape index (κ3) is 5.19. The minimum absolute atomic E-state index is 0.156. The van der Waals surface area contributed by atoms with Crippen LogP contribution in [0.4, 0.5) is 11.4 Å². The van der Waals surface area contributed by atoms with Gasteiger partial charge in [-0.05, 0) is 74.9 Å². The highest BCUT2D eigenvalue weighted by atomic mass is 35.5. The molecule has 41 heavy (non-hydrogen) atoms. The van der Waals surface area contributed by atoms with Crippen molar-refractivity contribution in [2.75, 3.05) is 23.8 Å². The maximum atomic E-state index is 14.3. The Morgan fingerprint density at radius 3 is 2.54 bits per heavy atom. The second-order valence-electron chi connectivity index (χ2n) is 11.6. The van der Waals surface area contributed by atoms with Crippen LogP contribution in [0.1, 0.15) is 45.6 Å². The Morgan fingerprint density at radius 2 is 1.90 bits per heavy atom. The SMILES string of the molecule is CCOc1ccc(NC(=O)[C@@H]2[C@@H]3CCC4(O3)C(C(=O)Nc3c(C)cccc3Cl)N([C@@H](CO)CC(C)C)C(=O)[C@H]24)cc1. The number of anilines is 2. The first-order chi connectivity index (χ1) is 19.6. The van der Waals surface area contributed by atoms with E-state index >= 15 is 0 Å². The highest BCUT2D eigenvalue weighted by molar-refractivity contribution is 6.34. The zero-order valence-electron chi connectivity index (χ0n) is 23.9. The fourth-order valence-corrected chi connectivity index (χ4v) is 7.18. The number of para-hydroxylation sites is 1. The van der Waals surface area contributed by atoms with Gasteiger partial charge >= 0.3 is 0 Å². The number of halogens is 1. The largest absolute Gasteiger partial charge is 0.494 e. The number of aliphatic hydroxyl groups is 1. The van der Waals surface area contributed by atoms with Crippen molar-refractivity contribution in [3.8, 4) is 5.75 Å². The molecule has 0 aliphatic carbocycles. The van der Waals surface area contributed by atoms with E-state index in [9.17, 15) is 19.5 Å². The highest BCUT2D eigenvalue weighted by Crippen LogP contribution is 2.59. The number of hydrogen-bond acceptors (Lipinski definition) is 6. The van der Waals surface area contributed by atoms with E-state index in [2.05, 4.69) is 10.6 Å². The third-order valence-electron chi connectivity index (χ3n) is 8.54. The fourth-order valence-electron chi connectivity index (χ4n) is 6.91. The van der Waals surface area contributed by atoms with E-state index in [1.165, 1.54) is 4.90 Å². The predicted molar refractivity (Wildman–Crippen MR) is 156 cm³/mol. The molecule has 1 spiro atoms. The summed E-state index contributed by atoms with van der Waals surface area (Å²) in [5.41, 5.74) is 0.634. The van der Waals surface area contributed by atoms with Gasteiger partial charge in [-0.2, -0.15) is 0 Å². The Bertz CT molecular complexity index is 1300. The highest BCUT2D eigenvalue weighted by Gasteiger charge is 2.75. The maximum Gasteiger partial charge on any atom is 0.250 e. The summed E-state index contributed by atoms with van der Waals surface area (Å²) >= 11 is 6.43. The molecule has 0 saturated carbocycles. The zero-order valence-corrected chi connectivity index (χ0v) is 24.6. The number of fused-ring (bicyclic) bond motifs is 1. The molecule has 2 aromatic carbocycles. The Balaban J connectivity index is 1.49. The topological polar surface area (TPSA) is 117 Å². The summed E-state index contributed by atoms with van der Waals surface area (Å²) in [5.74, 6) is -1.88. The van der Waals surface area contributed by atoms with E-state index in [0.29, 0.717) is 48.0 Å². The molecule has 3 saturated heterocycles. The zero-order chi connectivity index (χ0) is 29.5. The van der Waals surface area contributed by atoms with E-state index in [4.69, 9.17) is 21.1 Å². The summed E-state index contributed by atoms with van der Waals surface area (Å²) in [6, 6.07) is 10.7. The van der Waals surface area contributed by atoms with Crippen molar-refractivity contribution in [2.45, 2.75) is 70.7 Å². The number of nitrogens with zero attached hydrogens (tertiary/aromatic N) is 1. The molecule has 3 fully saturated rings. The van der Waals surface area contributed by atoms with Crippen molar-refractivity contribution < 1.29 is 29.0 Å². The van der Waals surface area contributed by atoms with Crippen LogP contribution in [0.3, 0.4) is 0 Å². The van der Waals surface area contributed by atoms with Crippen LogP contribution in [0.15, 0.2) is 42.5 Å². The second kappa shape index (κ2) is 11.6. The van der Waals surface area contributed by atoms with Crippen LogP contribution in [-0.4, -0.2) is 64.7 Å². The fraction of sp³-hybridized carbons (Fsp3) is 0.516. The summed E-state index contributed by atoms with van der Waals surface area (Å²) in [7, 11) is 0. The van der Waals surface area contributed by atoms with Crippen LogP contribution >= 0.6 is 11.6 Å². The Morgan fingerprint density at radius 1 is 1.17 bits per heavy atom. The first-order valence-corrected chi connectivity index (χ1v) is 14.7. The van der Waals surface area contributed by atoms with Crippen LogP contribution in [0.25, 0.3) is 0 Å². The van der Waals surface area contributed by atoms with Crippen molar-refractivity contribution in [3.05, 3.63) is 53.1 Å². The average molecular weight is 584 g/mol. The van der Waals surface area contributed by atoms with Gasteiger partial charge < -0.3 is 30.1 Å². The summed E-state index contributed by atoms with van der Waals surface area (Å²) in [4.78, 5) is 43.6. The lowest BCUT2D eigenvalue weighted by molar-refractivity contribution is -0.143. The number of aryl methyl sites for hydroxylation is 1. The molecule has 3 aliphatic rings. The van der Waals surface area contributed by atoms with Crippen LogP contribution in [0.5, 0.6) is 5.75 Å². The van der Waals surface area contributed by atoms with Gasteiger partial charge in [0.15, 0.2) is 0 Å².